The van der Waals surface area contributed by atoms with Gasteiger partial charge < -0.3 is 10.1 Å². The molecule has 1 N–H and O–H groups in total. The molecule has 1 spiro atoms. The van der Waals surface area contributed by atoms with Crippen LogP contribution in [0.4, 0.5) is 0 Å². The minimum absolute atomic E-state index is 0.381. The highest BCUT2D eigenvalue weighted by molar-refractivity contribution is 5.12. The quantitative estimate of drug-likeness (QED) is 0.925. The molecule has 1 aromatic heterocycles. The minimum Gasteiger partial charge on any atom is -0.378 e. The van der Waals surface area contributed by atoms with Crippen molar-refractivity contribution in [3.8, 4) is 0 Å². The van der Waals surface area contributed by atoms with Gasteiger partial charge in [0.1, 0.15) is 12.2 Å². The van der Waals surface area contributed by atoms with E-state index in [4.69, 9.17) is 4.74 Å². The van der Waals surface area contributed by atoms with Crippen LogP contribution in [0.5, 0.6) is 0 Å². The molecular weight excluding hydrogens is 264 g/mol. The van der Waals surface area contributed by atoms with Crippen molar-refractivity contribution in [2.75, 3.05) is 6.61 Å². The summed E-state index contributed by atoms with van der Waals surface area (Å²) in [6, 6.07) is 0.983. The summed E-state index contributed by atoms with van der Waals surface area (Å²) < 4.78 is 8.09. The van der Waals surface area contributed by atoms with Crippen LogP contribution < -0.4 is 5.32 Å². The molecule has 21 heavy (non-hydrogen) atoms. The Labute approximate surface area is 126 Å². The van der Waals surface area contributed by atoms with Gasteiger partial charge in [0, 0.05) is 24.6 Å². The molecule has 0 unspecified atom stereocenters. The number of hydrogen-bond acceptors (Lipinski definition) is 4. The van der Waals surface area contributed by atoms with E-state index < -0.39 is 0 Å². The summed E-state index contributed by atoms with van der Waals surface area (Å²) in [5.74, 6) is 1.13. The van der Waals surface area contributed by atoms with E-state index >= 15 is 0 Å². The summed E-state index contributed by atoms with van der Waals surface area (Å²) in [6.07, 6.45) is 11.1. The Morgan fingerprint density at radius 1 is 1.38 bits per heavy atom. The number of aromatic nitrogens is 3. The van der Waals surface area contributed by atoms with Crippen molar-refractivity contribution in [2.24, 2.45) is 5.41 Å². The fourth-order valence-electron chi connectivity index (χ4n) is 4.81. The van der Waals surface area contributed by atoms with Gasteiger partial charge in [-0.25, -0.2) is 9.67 Å². The van der Waals surface area contributed by atoms with Crippen LogP contribution in [0.2, 0.25) is 0 Å². The van der Waals surface area contributed by atoms with Gasteiger partial charge in [0.15, 0.2) is 0 Å². The van der Waals surface area contributed by atoms with E-state index in [9.17, 15) is 0 Å². The molecule has 2 fully saturated rings. The zero-order valence-corrected chi connectivity index (χ0v) is 12.9. The first-order valence-corrected chi connectivity index (χ1v) is 8.59. The molecular formula is C16H26N4O. The summed E-state index contributed by atoms with van der Waals surface area (Å²) in [4.78, 5) is 4.48. The Balaban J connectivity index is 1.49. The van der Waals surface area contributed by atoms with Gasteiger partial charge >= 0.3 is 0 Å². The van der Waals surface area contributed by atoms with E-state index in [-0.39, 0.29) is 0 Å². The zero-order valence-electron chi connectivity index (χ0n) is 12.9. The normalized spacial score (nSPS) is 33.9. The van der Waals surface area contributed by atoms with E-state index in [2.05, 4.69) is 27.0 Å². The second-order valence-corrected chi connectivity index (χ2v) is 6.88. The lowest BCUT2D eigenvalue weighted by Crippen LogP contribution is -2.63. The lowest BCUT2D eigenvalue weighted by molar-refractivity contribution is -0.133. The number of fused-ring (bicyclic) bond motifs is 1. The van der Waals surface area contributed by atoms with Gasteiger partial charge in [0.2, 0.25) is 0 Å². The van der Waals surface area contributed by atoms with Crippen LogP contribution in [-0.2, 0) is 11.3 Å². The standard InChI is InChI=1S/C16H26N4O/c1-2-21-14-10-13(16(14)7-3-4-8-16)19-12-6-5-9-20-15(12)17-11-18-20/h11-14,19H,2-10H2,1H3/t12-,13-,14+/m0/s1. The highest BCUT2D eigenvalue weighted by atomic mass is 16.5. The van der Waals surface area contributed by atoms with Crippen molar-refractivity contribution in [1.29, 1.82) is 0 Å². The van der Waals surface area contributed by atoms with Gasteiger partial charge in [0.05, 0.1) is 12.1 Å². The number of rotatable bonds is 4. The molecule has 5 nitrogen and oxygen atoms in total. The Hall–Kier alpha value is -0.940. The third-order valence-corrected chi connectivity index (χ3v) is 5.91. The molecule has 0 saturated heterocycles. The predicted molar refractivity (Wildman–Crippen MR) is 79.9 cm³/mol. The molecule has 0 amide bonds. The van der Waals surface area contributed by atoms with Crippen molar-refractivity contribution in [2.45, 2.75) is 76.6 Å². The first kappa shape index (κ1) is 13.7. The number of nitrogens with zero attached hydrogens (tertiary/aromatic N) is 3. The minimum atomic E-state index is 0.381. The largest absolute Gasteiger partial charge is 0.378 e. The Morgan fingerprint density at radius 3 is 3.05 bits per heavy atom. The van der Waals surface area contributed by atoms with Gasteiger partial charge in [-0.15, -0.1) is 0 Å². The van der Waals surface area contributed by atoms with Crippen molar-refractivity contribution < 1.29 is 4.74 Å². The molecule has 5 heteroatoms. The summed E-state index contributed by atoms with van der Waals surface area (Å²) in [7, 11) is 0. The molecule has 3 atom stereocenters. The summed E-state index contributed by atoms with van der Waals surface area (Å²) in [5.41, 5.74) is 0.401. The van der Waals surface area contributed by atoms with Gasteiger partial charge in [-0.2, -0.15) is 5.10 Å². The molecule has 1 aromatic rings. The first-order valence-electron chi connectivity index (χ1n) is 8.59. The van der Waals surface area contributed by atoms with Crippen LogP contribution in [0.3, 0.4) is 0 Å². The molecule has 2 aliphatic carbocycles. The molecule has 4 rings (SSSR count). The summed E-state index contributed by atoms with van der Waals surface area (Å²) in [5, 5.41) is 8.25. The predicted octanol–water partition coefficient (Wildman–Crippen LogP) is 2.44. The van der Waals surface area contributed by atoms with Crippen LogP contribution in [0.25, 0.3) is 0 Å². The van der Waals surface area contributed by atoms with Crippen molar-refractivity contribution >= 4 is 0 Å². The van der Waals surface area contributed by atoms with Crippen LogP contribution in [0.1, 0.15) is 63.7 Å². The summed E-state index contributed by atoms with van der Waals surface area (Å²) in [6.45, 7) is 3.98. The van der Waals surface area contributed by atoms with Crippen LogP contribution in [0, 0.1) is 5.41 Å². The second kappa shape index (κ2) is 5.36. The maximum absolute atomic E-state index is 6.02. The van der Waals surface area contributed by atoms with E-state index in [1.165, 1.54) is 44.9 Å². The SMILES string of the molecule is CCO[C@@H]1C[C@H](N[C@H]2CCCn3ncnc32)C12CCCC2. The van der Waals surface area contributed by atoms with Crippen molar-refractivity contribution in [3.63, 3.8) is 0 Å². The van der Waals surface area contributed by atoms with Crippen LogP contribution >= 0.6 is 0 Å². The van der Waals surface area contributed by atoms with Crippen molar-refractivity contribution in [1.82, 2.24) is 20.1 Å². The number of aryl methyl sites for hydroxylation is 1. The second-order valence-electron chi connectivity index (χ2n) is 6.88. The van der Waals surface area contributed by atoms with Crippen LogP contribution in [-0.4, -0.2) is 33.5 Å². The van der Waals surface area contributed by atoms with Gasteiger partial charge in [-0.3, -0.25) is 0 Å². The lowest BCUT2D eigenvalue weighted by atomic mass is 9.60. The van der Waals surface area contributed by atoms with Crippen LogP contribution in [0.15, 0.2) is 6.33 Å². The third-order valence-electron chi connectivity index (χ3n) is 5.91. The number of hydrogen-bond donors (Lipinski definition) is 1. The molecule has 116 valence electrons. The summed E-state index contributed by atoms with van der Waals surface area (Å²) >= 11 is 0. The molecule has 0 radical (unpaired) electrons. The third kappa shape index (κ3) is 2.13. The smallest absolute Gasteiger partial charge is 0.143 e. The topological polar surface area (TPSA) is 52.0 Å². The average molecular weight is 290 g/mol. The molecule has 3 aliphatic rings. The Bertz CT molecular complexity index is 494. The Morgan fingerprint density at radius 2 is 2.24 bits per heavy atom. The molecule has 0 aromatic carbocycles. The fourth-order valence-corrected chi connectivity index (χ4v) is 4.81. The van der Waals surface area contributed by atoms with E-state index in [0.717, 1.165) is 19.0 Å². The average Bonchev–Trinajstić information content (AvgIpc) is 3.16. The fraction of sp³-hybridized carbons (Fsp3) is 0.875. The molecule has 1 aliphatic heterocycles. The zero-order chi connectivity index (χ0) is 14.3. The van der Waals surface area contributed by atoms with Crippen molar-refractivity contribution in [3.05, 3.63) is 12.2 Å². The maximum atomic E-state index is 6.02. The van der Waals surface area contributed by atoms with Gasteiger partial charge in [-0.05, 0) is 39.0 Å². The lowest BCUT2D eigenvalue weighted by Gasteiger charge is -2.55. The van der Waals surface area contributed by atoms with Gasteiger partial charge in [-0.1, -0.05) is 12.8 Å². The molecule has 2 heterocycles. The highest BCUT2D eigenvalue weighted by Gasteiger charge is 2.57. The Kier molecular flexibility index (Phi) is 3.50. The number of nitrogens with one attached hydrogen (secondary N) is 1. The van der Waals surface area contributed by atoms with E-state index in [0.29, 0.717) is 23.6 Å². The molecule has 2 saturated carbocycles. The monoisotopic (exact) mass is 290 g/mol. The first-order chi connectivity index (χ1) is 10.3. The van der Waals surface area contributed by atoms with E-state index in [1.54, 1.807) is 6.33 Å². The maximum Gasteiger partial charge on any atom is 0.143 e. The molecule has 0 bridgehead atoms. The number of ether oxygens (including phenoxy) is 1. The van der Waals surface area contributed by atoms with E-state index in [1.807, 2.05) is 0 Å². The van der Waals surface area contributed by atoms with Gasteiger partial charge in [0.25, 0.3) is 0 Å². The highest BCUT2D eigenvalue weighted by Crippen LogP contribution is 2.55.